The van der Waals surface area contributed by atoms with Crippen molar-refractivity contribution in [3.05, 3.63) is 94.5 Å². The van der Waals surface area contributed by atoms with Crippen molar-refractivity contribution in [2.75, 3.05) is 0 Å². The maximum Gasteiger partial charge on any atom is 0.101 e. The Balaban J connectivity index is 1.77. The van der Waals surface area contributed by atoms with Crippen molar-refractivity contribution >= 4 is 17.8 Å². The average Bonchev–Trinajstić information content (AvgIpc) is 2.89. The Morgan fingerprint density at radius 3 is 1.86 bits per heavy atom. The zero-order chi connectivity index (χ0) is 14.9. The van der Waals surface area contributed by atoms with E-state index in [0.717, 1.165) is 10.6 Å². The molecule has 0 N–H and O–H groups in total. The van der Waals surface area contributed by atoms with Gasteiger partial charge in [-0.25, -0.2) is 0 Å². The third kappa shape index (κ3) is 2.24. The highest BCUT2D eigenvalue weighted by Gasteiger charge is 2.26. The van der Waals surface area contributed by atoms with Crippen molar-refractivity contribution in [3.63, 3.8) is 0 Å². The lowest BCUT2D eigenvalue weighted by Gasteiger charge is -2.07. The molecule has 0 aromatic heterocycles. The van der Waals surface area contributed by atoms with Crippen molar-refractivity contribution in [2.45, 2.75) is 6.04 Å². The van der Waals surface area contributed by atoms with E-state index in [1.807, 2.05) is 30.5 Å². The summed E-state index contributed by atoms with van der Waals surface area (Å²) in [5.41, 5.74) is 6.18. The van der Waals surface area contributed by atoms with E-state index < -0.39 is 0 Å². The van der Waals surface area contributed by atoms with Crippen molar-refractivity contribution in [1.29, 1.82) is 0 Å². The van der Waals surface area contributed by atoms with E-state index in [1.165, 1.54) is 22.3 Å². The van der Waals surface area contributed by atoms with Crippen LogP contribution >= 0.6 is 11.6 Å². The van der Waals surface area contributed by atoms with E-state index in [9.17, 15) is 0 Å². The topological polar surface area (TPSA) is 12.4 Å². The molecule has 2 heteroatoms. The minimum atomic E-state index is 0.0723. The summed E-state index contributed by atoms with van der Waals surface area (Å²) in [6.45, 7) is 0. The normalized spacial score (nSPS) is 13.3. The predicted molar refractivity (Wildman–Crippen MR) is 92.8 cm³/mol. The van der Waals surface area contributed by atoms with Gasteiger partial charge >= 0.3 is 0 Å². The van der Waals surface area contributed by atoms with E-state index in [-0.39, 0.29) is 6.04 Å². The molecule has 4 rings (SSSR count). The Kier molecular flexibility index (Phi) is 3.28. The number of hydrogen-bond donors (Lipinski definition) is 0. The molecule has 0 bridgehead atoms. The number of aliphatic imine (C=N–C) groups is 1. The molecule has 0 spiro atoms. The highest BCUT2D eigenvalue weighted by molar-refractivity contribution is 6.30. The van der Waals surface area contributed by atoms with Gasteiger partial charge < -0.3 is 0 Å². The third-order valence-corrected chi connectivity index (χ3v) is 4.30. The molecule has 1 aliphatic carbocycles. The Morgan fingerprint density at radius 2 is 1.27 bits per heavy atom. The number of fused-ring (bicyclic) bond motifs is 3. The second-order valence-corrected chi connectivity index (χ2v) is 5.84. The van der Waals surface area contributed by atoms with Gasteiger partial charge in [0.1, 0.15) is 6.04 Å². The molecule has 0 radical (unpaired) electrons. The molecule has 0 aliphatic heterocycles. The van der Waals surface area contributed by atoms with Crippen molar-refractivity contribution in [3.8, 4) is 11.1 Å². The fourth-order valence-electron chi connectivity index (χ4n) is 3.00. The minimum Gasteiger partial charge on any atom is -0.280 e. The van der Waals surface area contributed by atoms with E-state index in [4.69, 9.17) is 16.6 Å². The van der Waals surface area contributed by atoms with Crippen LogP contribution < -0.4 is 0 Å². The molecule has 0 fully saturated rings. The molecule has 0 atom stereocenters. The van der Waals surface area contributed by atoms with Gasteiger partial charge in [0.15, 0.2) is 0 Å². The molecule has 1 aliphatic rings. The standard InChI is InChI=1S/C20H14ClN/c21-15-11-9-14(10-12-15)13-22-20-18-7-3-1-5-16(18)17-6-2-4-8-19(17)20/h1-13,20H. The minimum absolute atomic E-state index is 0.0723. The van der Waals surface area contributed by atoms with Crippen molar-refractivity contribution < 1.29 is 0 Å². The van der Waals surface area contributed by atoms with Gasteiger partial charge in [-0.15, -0.1) is 0 Å². The lowest BCUT2D eigenvalue weighted by atomic mass is 10.1. The highest BCUT2D eigenvalue weighted by Crippen LogP contribution is 2.44. The predicted octanol–water partition coefficient (Wildman–Crippen LogP) is 5.53. The first-order valence-corrected chi connectivity index (χ1v) is 7.68. The van der Waals surface area contributed by atoms with E-state index >= 15 is 0 Å². The quantitative estimate of drug-likeness (QED) is 0.552. The summed E-state index contributed by atoms with van der Waals surface area (Å²) in [6.07, 6.45) is 1.93. The number of benzene rings is 3. The zero-order valence-corrected chi connectivity index (χ0v) is 12.7. The average molecular weight is 304 g/mol. The van der Waals surface area contributed by atoms with Crippen molar-refractivity contribution in [2.24, 2.45) is 4.99 Å². The summed E-state index contributed by atoms with van der Waals surface area (Å²) < 4.78 is 0. The third-order valence-electron chi connectivity index (χ3n) is 4.04. The Morgan fingerprint density at radius 1 is 0.727 bits per heavy atom. The van der Waals surface area contributed by atoms with E-state index in [0.29, 0.717) is 0 Å². The largest absolute Gasteiger partial charge is 0.280 e. The molecule has 0 amide bonds. The number of halogens is 1. The molecular formula is C20H14ClN. The Bertz CT molecular complexity index is 804. The number of rotatable bonds is 2. The van der Waals surface area contributed by atoms with Crippen LogP contribution in [-0.4, -0.2) is 6.21 Å². The first kappa shape index (κ1) is 13.3. The molecule has 0 saturated heterocycles. The SMILES string of the molecule is Clc1ccc(C=NC2c3ccccc3-c3ccccc32)cc1. The maximum absolute atomic E-state index is 5.93. The molecule has 3 aromatic carbocycles. The molecule has 1 nitrogen and oxygen atoms in total. The molecule has 106 valence electrons. The van der Waals surface area contributed by atoms with E-state index in [1.54, 1.807) is 0 Å². The first-order valence-electron chi connectivity index (χ1n) is 7.30. The van der Waals surface area contributed by atoms with Gasteiger partial charge in [-0.3, -0.25) is 4.99 Å². The second-order valence-electron chi connectivity index (χ2n) is 5.41. The summed E-state index contributed by atoms with van der Waals surface area (Å²) >= 11 is 5.93. The van der Waals surface area contributed by atoms with Gasteiger partial charge in [-0.05, 0) is 39.9 Å². The van der Waals surface area contributed by atoms with Gasteiger partial charge in [0.2, 0.25) is 0 Å². The monoisotopic (exact) mass is 303 g/mol. The summed E-state index contributed by atoms with van der Waals surface area (Å²) in [6, 6.07) is 24.8. The van der Waals surface area contributed by atoms with Crippen LogP contribution in [0.15, 0.2) is 77.8 Å². The van der Waals surface area contributed by atoms with Crippen molar-refractivity contribution in [1.82, 2.24) is 0 Å². The molecule has 0 heterocycles. The fraction of sp³-hybridized carbons (Fsp3) is 0.0500. The molecule has 22 heavy (non-hydrogen) atoms. The fourth-order valence-corrected chi connectivity index (χ4v) is 3.13. The Labute approximate surface area is 134 Å². The summed E-state index contributed by atoms with van der Waals surface area (Å²) in [7, 11) is 0. The molecule has 3 aromatic rings. The van der Waals surface area contributed by atoms with Crippen LogP contribution in [-0.2, 0) is 0 Å². The van der Waals surface area contributed by atoms with E-state index in [2.05, 4.69) is 48.5 Å². The lowest BCUT2D eigenvalue weighted by molar-refractivity contribution is 0.908. The first-order chi connectivity index (χ1) is 10.8. The van der Waals surface area contributed by atoms with Crippen LogP contribution in [0.4, 0.5) is 0 Å². The Hall–Kier alpha value is -2.38. The lowest BCUT2D eigenvalue weighted by Crippen LogP contribution is -1.94. The number of hydrogen-bond acceptors (Lipinski definition) is 1. The molecule has 0 unspecified atom stereocenters. The maximum atomic E-state index is 5.93. The number of nitrogens with zero attached hydrogens (tertiary/aromatic N) is 1. The van der Waals surface area contributed by atoms with Gasteiger partial charge in [0, 0.05) is 11.2 Å². The summed E-state index contributed by atoms with van der Waals surface area (Å²) in [5.74, 6) is 0. The zero-order valence-electron chi connectivity index (χ0n) is 11.9. The van der Waals surface area contributed by atoms with Gasteiger partial charge in [-0.2, -0.15) is 0 Å². The van der Waals surface area contributed by atoms with Crippen LogP contribution in [0.25, 0.3) is 11.1 Å². The second kappa shape index (κ2) is 5.43. The summed E-state index contributed by atoms with van der Waals surface area (Å²) in [5, 5.41) is 0.744. The van der Waals surface area contributed by atoms with Crippen LogP contribution in [0.3, 0.4) is 0 Å². The van der Waals surface area contributed by atoms with Gasteiger partial charge in [0.25, 0.3) is 0 Å². The van der Waals surface area contributed by atoms with Gasteiger partial charge in [-0.1, -0.05) is 72.3 Å². The highest BCUT2D eigenvalue weighted by atomic mass is 35.5. The molecular weight excluding hydrogens is 290 g/mol. The van der Waals surface area contributed by atoms with Crippen LogP contribution in [0.2, 0.25) is 5.02 Å². The summed E-state index contributed by atoms with van der Waals surface area (Å²) in [4.78, 5) is 4.84. The van der Waals surface area contributed by atoms with Gasteiger partial charge in [0.05, 0.1) is 0 Å². The smallest absolute Gasteiger partial charge is 0.101 e. The molecule has 0 saturated carbocycles. The van der Waals surface area contributed by atoms with Crippen LogP contribution in [0.1, 0.15) is 22.7 Å². The van der Waals surface area contributed by atoms with Crippen LogP contribution in [0, 0.1) is 0 Å². The van der Waals surface area contributed by atoms with Crippen LogP contribution in [0.5, 0.6) is 0 Å².